The number of aryl methyl sites for hydroxylation is 2. The third kappa shape index (κ3) is 3.22. The molecule has 0 fully saturated rings. The molecule has 0 amide bonds. The Morgan fingerprint density at radius 2 is 1.75 bits per heavy atom. The Morgan fingerprint density at radius 1 is 1.10 bits per heavy atom. The Morgan fingerprint density at radius 3 is 2.35 bits per heavy atom. The molecule has 0 heterocycles. The van der Waals surface area contributed by atoms with Crippen LogP contribution in [-0.2, 0) is 0 Å². The van der Waals surface area contributed by atoms with Crippen molar-refractivity contribution in [2.75, 3.05) is 6.61 Å². The van der Waals surface area contributed by atoms with Gasteiger partial charge in [-0.15, -0.1) is 0 Å². The first kappa shape index (κ1) is 15.1. The van der Waals surface area contributed by atoms with Gasteiger partial charge in [-0.3, -0.25) is 0 Å². The lowest BCUT2D eigenvalue weighted by Crippen LogP contribution is -2.13. The fraction of sp³-hybridized carbons (Fsp3) is 0.294. The van der Waals surface area contributed by atoms with E-state index in [1.165, 1.54) is 11.1 Å². The van der Waals surface area contributed by atoms with Crippen LogP contribution in [0.25, 0.3) is 0 Å². The molecule has 2 rings (SSSR count). The quantitative estimate of drug-likeness (QED) is 0.893. The first-order chi connectivity index (χ1) is 9.52. The first-order valence-corrected chi connectivity index (χ1v) is 7.57. The van der Waals surface area contributed by atoms with Crippen LogP contribution >= 0.6 is 15.9 Å². The van der Waals surface area contributed by atoms with Gasteiger partial charge < -0.3 is 10.5 Å². The van der Waals surface area contributed by atoms with Crippen LogP contribution in [0.15, 0.2) is 40.9 Å². The van der Waals surface area contributed by atoms with Gasteiger partial charge in [0.25, 0.3) is 0 Å². The summed E-state index contributed by atoms with van der Waals surface area (Å²) in [5.74, 6) is 0.882. The molecule has 0 saturated carbocycles. The maximum atomic E-state index is 6.40. The molecule has 0 aliphatic carbocycles. The monoisotopic (exact) mass is 333 g/mol. The molecule has 0 bridgehead atoms. The number of hydrogen-bond acceptors (Lipinski definition) is 2. The van der Waals surface area contributed by atoms with E-state index < -0.39 is 0 Å². The largest absolute Gasteiger partial charge is 0.494 e. The third-order valence-electron chi connectivity index (χ3n) is 3.43. The van der Waals surface area contributed by atoms with Crippen molar-refractivity contribution >= 4 is 15.9 Å². The highest BCUT2D eigenvalue weighted by Gasteiger charge is 2.13. The van der Waals surface area contributed by atoms with Gasteiger partial charge in [0.1, 0.15) is 5.75 Å². The van der Waals surface area contributed by atoms with E-state index in [1.807, 2.05) is 31.2 Å². The Bertz CT molecular complexity index is 593. The summed E-state index contributed by atoms with van der Waals surface area (Å²) in [4.78, 5) is 0. The molecule has 0 aromatic heterocycles. The lowest BCUT2D eigenvalue weighted by Gasteiger charge is -2.17. The van der Waals surface area contributed by atoms with E-state index in [0.29, 0.717) is 6.61 Å². The SMILES string of the molecule is CCOc1ccc(C(N)c2cc(C)c(Br)cc2C)cc1. The number of hydrogen-bond donors (Lipinski definition) is 1. The molecule has 0 saturated heterocycles. The van der Waals surface area contributed by atoms with E-state index in [4.69, 9.17) is 10.5 Å². The van der Waals surface area contributed by atoms with Crippen LogP contribution < -0.4 is 10.5 Å². The van der Waals surface area contributed by atoms with E-state index >= 15 is 0 Å². The maximum absolute atomic E-state index is 6.40. The minimum Gasteiger partial charge on any atom is -0.494 e. The standard InChI is InChI=1S/C17H20BrNO/c1-4-20-14-7-5-13(6-8-14)17(19)15-9-12(3)16(18)10-11(15)2/h5-10,17H,4,19H2,1-3H3. The summed E-state index contributed by atoms with van der Waals surface area (Å²) >= 11 is 3.55. The van der Waals surface area contributed by atoms with E-state index in [0.717, 1.165) is 21.3 Å². The Labute approximate surface area is 129 Å². The second kappa shape index (κ2) is 6.42. The molecule has 2 aromatic carbocycles. The maximum Gasteiger partial charge on any atom is 0.119 e. The highest BCUT2D eigenvalue weighted by molar-refractivity contribution is 9.10. The first-order valence-electron chi connectivity index (χ1n) is 6.78. The van der Waals surface area contributed by atoms with E-state index in [9.17, 15) is 0 Å². The lowest BCUT2D eigenvalue weighted by atomic mass is 9.94. The van der Waals surface area contributed by atoms with Gasteiger partial charge >= 0.3 is 0 Å². The van der Waals surface area contributed by atoms with Gasteiger partial charge in [-0.2, -0.15) is 0 Å². The van der Waals surface area contributed by atoms with Crippen molar-refractivity contribution in [2.45, 2.75) is 26.8 Å². The minimum absolute atomic E-state index is 0.113. The molecule has 0 radical (unpaired) electrons. The summed E-state index contributed by atoms with van der Waals surface area (Å²) in [5.41, 5.74) is 11.1. The molecule has 2 aromatic rings. The highest BCUT2D eigenvalue weighted by Crippen LogP contribution is 2.28. The van der Waals surface area contributed by atoms with Crippen molar-refractivity contribution in [3.8, 4) is 5.75 Å². The summed E-state index contributed by atoms with van der Waals surface area (Å²) in [6.45, 7) is 6.83. The smallest absolute Gasteiger partial charge is 0.119 e. The predicted molar refractivity (Wildman–Crippen MR) is 87.3 cm³/mol. The topological polar surface area (TPSA) is 35.2 Å². The zero-order valence-electron chi connectivity index (χ0n) is 12.1. The summed E-state index contributed by atoms with van der Waals surface area (Å²) in [7, 11) is 0. The third-order valence-corrected chi connectivity index (χ3v) is 4.29. The normalized spacial score (nSPS) is 12.2. The van der Waals surface area contributed by atoms with E-state index in [-0.39, 0.29) is 6.04 Å². The van der Waals surface area contributed by atoms with Gasteiger partial charge in [0.15, 0.2) is 0 Å². The van der Waals surface area contributed by atoms with E-state index in [2.05, 4.69) is 41.9 Å². The molecule has 1 atom stereocenters. The zero-order valence-corrected chi connectivity index (χ0v) is 13.7. The van der Waals surface area contributed by atoms with Crippen LogP contribution in [0.4, 0.5) is 0 Å². The average Bonchev–Trinajstić information content (AvgIpc) is 2.43. The van der Waals surface area contributed by atoms with Gasteiger partial charge in [-0.1, -0.05) is 34.1 Å². The van der Waals surface area contributed by atoms with Crippen molar-refractivity contribution in [2.24, 2.45) is 5.73 Å². The van der Waals surface area contributed by atoms with Gasteiger partial charge in [0.2, 0.25) is 0 Å². The van der Waals surface area contributed by atoms with Crippen LogP contribution in [0.5, 0.6) is 5.75 Å². The molecule has 2 nitrogen and oxygen atoms in total. The molecule has 2 N–H and O–H groups in total. The summed E-state index contributed by atoms with van der Waals surface area (Å²) in [6, 6.07) is 12.2. The molecule has 0 spiro atoms. The fourth-order valence-electron chi connectivity index (χ4n) is 2.26. The van der Waals surface area contributed by atoms with Crippen molar-refractivity contribution in [1.82, 2.24) is 0 Å². The number of nitrogens with two attached hydrogens (primary N) is 1. The number of rotatable bonds is 4. The molecule has 0 aliphatic rings. The molecule has 3 heteroatoms. The van der Waals surface area contributed by atoms with Crippen molar-refractivity contribution in [1.29, 1.82) is 0 Å². The Balaban J connectivity index is 2.31. The zero-order chi connectivity index (χ0) is 14.7. The summed E-state index contributed by atoms with van der Waals surface area (Å²) < 4.78 is 6.58. The van der Waals surface area contributed by atoms with Crippen LogP contribution in [0.2, 0.25) is 0 Å². The molecule has 1 unspecified atom stereocenters. The highest BCUT2D eigenvalue weighted by atomic mass is 79.9. The lowest BCUT2D eigenvalue weighted by molar-refractivity contribution is 0.340. The second-order valence-corrected chi connectivity index (χ2v) is 5.79. The second-order valence-electron chi connectivity index (χ2n) is 4.94. The molecular weight excluding hydrogens is 314 g/mol. The average molecular weight is 334 g/mol. The van der Waals surface area contributed by atoms with Crippen molar-refractivity contribution in [3.63, 3.8) is 0 Å². The van der Waals surface area contributed by atoms with Gasteiger partial charge in [0.05, 0.1) is 12.6 Å². The van der Waals surface area contributed by atoms with Crippen LogP contribution in [0, 0.1) is 13.8 Å². The van der Waals surface area contributed by atoms with Gasteiger partial charge in [-0.05, 0) is 61.2 Å². The number of benzene rings is 2. The molecule has 106 valence electrons. The summed E-state index contributed by atoms with van der Waals surface area (Å²) in [5, 5.41) is 0. The van der Waals surface area contributed by atoms with Gasteiger partial charge in [0, 0.05) is 4.47 Å². The van der Waals surface area contributed by atoms with Crippen LogP contribution in [-0.4, -0.2) is 6.61 Å². The molecular formula is C17H20BrNO. The minimum atomic E-state index is -0.113. The fourth-order valence-corrected chi connectivity index (χ4v) is 2.71. The molecule has 0 aliphatic heterocycles. The number of ether oxygens (including phenoxy) is 1. The van der Waals surface area contributed by atoms with E-state index in [1.54, 1.807) is 0 Å². The van der Waals surface area contributed by atoms with Crippen LogP contribution in [0.3, 0.4) is 0 Å². The van der Waals surface area contributed by atoms with Gasteiger partial charge in [-0.25, -0.2) is 0 Å². The predicted octanol–water partition coefficient (Wildman–Crippen LogP) is 4.51. The molecule has 20 heavy (non-hydrogen) atoms. The Kier molecular flexibility index (Phi) is 4.84. The summed E-state index contributed by atoms with van der Waals surface area (Å²) in [6.07, 6.45) is 0. The van der Waals surface area contributed by atoms with Crippen molar-refractivity contribution in [3.05, 3.63) is 63.1 Å². The Hall–Kier alpha value is -1.32. The number of halogens is 1. The van der Waals surface area contributed by atoms with Crippen molar-refractivity contribution < 1.29 is 4.74 Å². The van der Waals surface area contributed by atoms with Crippen LogP contribution in [0.1, 0.15) is 35.2 Å².